The van der Waals surface area contributed by atoms with Crippen LogP contribution in [0.3, 0.4) is 0 Å². The maximum absolute atomic E-state index is 13.0. The summed E-state index contributed by atoms with van der Waals surface area (Å²) in [5, 5.41) is 20.7. The monoisotopic (exact) mass is 1680 g/mol. The number of hydrogen-bond acceptors (Lipinski definition) is 14. The molecule has 674 valence electrons. The van der Waals surface area contributed by atoms with E-state index in [9.17, 15) is 43.5 Å². The zero-order valence-corrected chi connectivity index (χ0v) is 76.1. The molecule has 0 aliphatic carbocycles. The van der Waals surface area contributed by atoms with Crippen LogP contribution in [0.25, 0.3) is 0 Å². The van der Waals surface area contributed by atoms with Gasteiger partial charge in [-0.2, -0.15) is 0 Å². The van der Waals surface area contributed by atoms with E-state index in [0.29, 0.717) is 19.3 Å². The van der Waals surface area contributed by atoms with Crippen LogP contribution in [-0.4, -0.2) is 95.9 Å². The largest absolute Gasteiger partial charge is 0.472 e. The number of carbonyl (C=O) groups is 3. The van der Waals surface area contributed by atoms with Gasteiger partial charge in [-0.05, 0) is 141 Å². The maximum atomic E-state index is 13.0. The lowest BCUT2D eigenvalue weighted by Crippen LogP contribution is -2.30. The van der Waals surface area contributed by atoms with Gasteiger partial charge in [0.25, 0.3) is 0 Å². The SMILES string of the molecule is CC/C=C\C/C=C\C/C=C\C/C=C\C/C=C\C/C=C\CCCCCCCCCCCCCCCCCCC(=O)OCC(O)COP(=O)(O)OCC(O)COP(=O)(O)OCC(COC(=O)CCCCCCCCCCCCCCCCCCC/C=C\C/C=C\C/C=C\C/C=C\C/C=C\CC)OC(=O)CCCCCCC/C=C\CCCCCC. The number of carbonyl (C=O) groups excluding carboxylic acids is 3. The van der Waals surface area contributed by atoms with Crippen molar-refractivity contribution in [3.05, 3.63) is 146 Å². The summed E-state index contributed by atoms with van der Waals surface area (Å²) in [4.78, 5) is 58.9. The van der Waals surface area contributed by atoms with E-state index in [1.165, 1.54) is 199 Å². The summed E-state index contributed by atoms with van der Waals surface area (Å²) in [5.41, 5.74) is 0. The van der Waals surface area contributed by atoms with Crippen LogP contribution in [-0.2, 0) is 55.8 Å². The van der Waals surface area contributed by atoms with Gasteiger partial charge in [-0.15, -0.1) is 0 Å². The molecule has 0 heterocycles. The van der Waals surface area contributed by atoms with Crippen molar-refractivity contribution in [2.45, 2.75) is 424 Å². The Labute approximate surface area is 715 Å². The Morgan fingerprint density at radius 1 is 0.248 bits per heavy atom. The lowest BCUT2D eigenvalue weighted by Gasteiger charge is -2.21. The predicted octanol–water partition coefficient (Wildman–Crippen LogP) is 29.1. The van der Waals surface area contributed by atoms with Crippen molar-refractivity contribution in [1.82, 2.24) is 0 Å². The van der Waals surface area contributed by atoms with Gasteiger partial charge in [-0.1, -0.05) is 391 Å². The first-order valence-electron chi connectivity index (χ1n) is 47.1. The van der Waals surface area contributed by atoms with E-state index in [0.717, 1.165) is 148 Å². The van der Waals surface area contributed by atoms with Crippen LogP contribution in [0.2, 0.25) is 0 Å². The topological polar surface area (TPSA) is 231 Å². The molecule has 0 saturated carbocycles. The summed E-state index contributed by atoms with van der Waals surface area (Å²) >= 11 is 0. The van der Waals surface area contributed by atoms with Crippen molar-refractivity contribution < 1.29 is 75.8 Å². The van der Waals surface area contributed by atoms with E-state index >= 15 is 0 Å². The standard InChI is InChI=1S/C99H172O16P2/c1-4-7-10-13-16-19-22-25-27-29-31-33-35-37-39-41-43-45-46-48-50-51-53-55-57-59-61-63-65-68-70-73-76-79-82-85-97(102)109-88-94(100)89-111-116(105,106)112-90-95(101)91-113-117(107,108)114-93-96(115-99(104)87-84-81-78-75-72-67-24-21-18-15-12-9-6-3)92-110-98(103)86-83-80-77-74-71-69-66-64-62-60-58-56-54-52-49-47-44-42-40-38-36-34-32-30-28-26-23-20-17-14-11-8-5-2/h7-8,10-11,16-17,19-21,24-28,31-34,37-40,43,45,94-96,100-101H,4-6,9,12-15,18,22-23,29-30,35-36,41-42,44,46-93H2,1-3H3,(H,105,106)(H,107,108)/b10-7-,11-8-,19-16-,20-17-,24-21-,27-25-,28-26-,33-31-,34-32-,39-37-,40-38-,45-43-. The molecule has 16 nitrogen and oxygen atoms in total. The first-order valence-corrected chi connectivity index (χ1v) is 50.1. The van der Waals surface area contributed by atoms with Crippen molar-refractivity contribution in [3.63, 3.8) is 0 Å². The van der Waals surface area contributed by atoms with Crippen LogP contribution in [0.5, 0.6) is 0 Å². The van der Waals surface area contributed by atoms with Gasteiger partial charge in [-0.25, -0.2) is 9.13 Å². The molecule has 0 bridgehead atoms. The fraction of sp³-hybridized carbons (Fsp3) is 0.727. The molecule has 0 aliphatic heterocycles. The van der Waals surface area contributed by atoms with Crippen molar-refractivity contribution in [1.29, 1.82) is 0 Å². The van der Waals surface area contributed by atoms with E-state index < -0.39 is 91.5 Å². The van der Waals surface area contributed by atoms with Crippen LogP contribution in [0, 0.1) is 0 Å². The first-order chi connectivity index (χ1) is 57.2. The minimum absolute atomic E-state index is 0.0955. The number of phosphoric ester groups is 2. The third kappa shape index (κ3) is 92.0. The third-order valence-electron chi connectivity index (χ3n) is 20.0. The molecule has 5 unspecified atom stereocenters. The number of allylic oxidation sites excluding steroid dienone is 24. The van der Waals surface area contributed by atoms with Crippen LogP contribution in [0.4, 0.5) is 0 Å². The Bertz CT molecular complexity index is 2710. The highest BCUT2D eigenvalue weighted by Crippen LogP contribution is 2.45. The van der Waals surface area contributed by atoms with Gasteiger partial charge < -0.3 is 34.2 Å². The summed E-state index contributed by atoms with van der Waals surface area (Å²) < 4.78 is 61.4. The number of ether oxygens (including phenoxy) is 3. The summed E-state index contributed by atoms with van der Waals surface area (Å²) in [7, 11) is -9.80. The molecule has 117 heavy (non-hydrogen) atoms. The van der Waals surface area contributed by atoms with E-state index in [1.54, 1.807) is 0 Å². The minimum Gasteiger partial charge on any atom is -0.463 e. The molecule has 18 heteroatoms. The molecule has 0 saturated heterocycles. The summed E-state index contributed by atoms with van der Waals surface area (Å²) in [5.74, 6) is -1.57. The van der Waals surface area contributed by atoms with E-state index in [2.05, 4.69) is 167 Å². The predicted molar refractivity (Wildman–Crippen MR) is 491 cm³/mol. The van der Waals surface area contributed by atoms with Gasteiger partial charge in [0.1, 0.15) is 25.4 Å². The Morgan fingerprint density at radius 3 is 0.726 bits per heavy atom. The fourth-order valence-corrected chi connectivity index (χ4v) is 14.5. The molecular weight excluding hydrogens is 1510 g/mol. The summed E-state index contributed by atoms with van der Waals surface area (Å²) in [6, 6.07) is 0. The van der Waals surface area contributed by atoms with Gasteiger partial charge in [-0.3, -0.25) is 32.5 Å². The molecule has 0 fully saturated rings. The highest BCUT2D eigenvalue weighted by atomic mass is 31.2. The Kier molecular flexibility index (Phi) is 87.1. The molecule has 0 spiro atoms. The average molecular weight is 1680 g/mol. The second-order valence-corrected chi connectivity index (χ2v) is 34.3. The number of rotatable bonds is 89. The van der Waals surface area contributed by atoms with Crippen LogP contribution in [0.15, 0.2) is 146 Å². The zero-order chi connectivity index (χ0) is 85.1. The first kappa shape index (κ1) is 112. The molecule has 0 radical (unpaired) electrons. The number of phosphoric acid groups is 2. The number of esters is 3. The molecule has 0 aromatic carbocycles. The Morgan fingerprint density at radius 2 is 0.453 bits per heavy atom. The van der Waals surface area contributed by atoms with Gasteiger partial charge in [0.05, 0.1) is 26.4 Å². The molecular formula is C99H172O16P2. The van der Waals surface area contributed by atoms with Crippen molar-refractivity contribution in [3.8, 4) is 0 Å². The highest BCUT2D eigenvalue weighted by molar-refractivity contribution is 7.47. The molecule has 0 rings (SSSR count). The molecule has 5 atom stereocenters. The quantitative estimate of drug-likeness (QED) is 0.0146. The lowest BCUT2D eigenvalue weighted by atomic mass is 10.0. The average Bonchev–Trinajstić information content (AvgIpc) is 0.900. The van der Waals surface area contributed by atoms with Gasteiger partial charge in [0.15, 0.2) is 6.10 Å². The maximum Gasteiger partial charge on any atom is 0.472 e. The van der Waals surface area contributed by atoms with E-state index in [1.807, 2.05) is 0 Å². The van der Waals surface area contributed by atoms with Crippen LogP contribution >= 0.6 is 15.6 Å². The second-order valence-electron chi connectivity index (χ2n) is 31.4. The smallest absolute Gasteiger partial charge is 0.463 e. The number of unbranched alkanes of at least 4 members (excludes halogenated alkanes) is 42. The van der Waals surface area contributed by atoms with Crippen molar-refractivity contribution in [2.24, 2.45) is 0 Å². The third-order valence-corrected chi connectivity index (χ3v) is 21.9. The zero-order valence-electron chi connectivity index (χ0n) is 74.3. The second kappa shape index (κ2) is 90.7. The summed E-state index contributed by atoms with van der Waals surface area (Å²) in [6.07, 6.45) is 115. The summed E-state index contributed by atoms with van der Waals surface area (Å²) in [6.45, 7) is 2.49. The number of aliphatic hydroxyl groups is 2. The van der Waals surface area contributed by atoms with E-state index in [-0.39, 0.29) is 19.3 Å². The minimum atomic E-state index is -4.94. The van der Waals surface area contributed by atoms with Gasteiger partial charge in [0.2, 0.25) is 0 Å². The normalized spacial score (nSPS) is 14.4. The number of aliphatic hydroxyl groups excluding tert-OH is 2. The van der Waals surface area contributed by atoms with Gasteiger partial charge in [0, 0.05) is 19.3 Å². The number of hydrogen-bond donors (Lipinski definition) is 4. The molecule has 4 N–H and O–H groups in total. The fourth-order valence-electron chi connectivity index (χ4n) is 13.0. The van der Waals surface area contributed by atoms with Gasteiger partial charge >= 0.3 is 33.6 Å². The van der Waals surface area contributed by atoms with Crippen LogP contribution < -0.4 is 0 Å². The van der Waals surface area contributed by atoms with Crippen molar-refractivity contribution >= 4 is 33.6 Å². The Balaban J connectivity index is 4.36. The van der Waals surface area contributed by atoms with E-state index in [4.69, 9.17) is 32.3 Å². The highest BCUT2D eigenvalue weighted by Gasteiger charge is 2.30. The Hall–Kier alpha value is -4.57. The lowest BCUT2D eigenvalue weighted by molar-refractivity contribution is -0.161. The van der Waals surface area contributed by atoms with Crippen LogP contribution in [0.1, 0.15) is 406 Å². The molecule has 0 aromatic rings. The molecule has 0 aromatic heterocycles. The molecule has 0 amide bonds. The molecule has 0 aliphatic rings. The van der Waals surface area contributed by atoms with Crippen molar-refractivity contribution in [2.75, 3.05) is 39.6 Å².